The molecule has 4 heteroatoms. The fraction of sp³-hybridized carbons (Fsp3) is 0.710. The first-order valence-corrected chi connectivity index (χ1v) is 14.4. The lowest BCUT2D eigenvalue weighted by atomic mass is 10.1. The number of aliphatic hydroxyl groups is 2. The average Bonchev–Trinajstić information content (AvgIpc) is 2.86. The van der Waals surface area contributed by atoms with E-state index in [2.05, 4.69) is 55.6 Å². The summed E-state index contributed by atoms with van der Waals surface area (Å²) < 4.78 is 0. The van der Waals surface area contributed by atoms with E-state index in [9.17, 15) is 15.0 Å². The van der Waals surface area contributed by atoms with Crippen LogP contribution in [0.4, 0.5) is 0 Å². The highest BCUT2D eigenvalue weighted by molar-refractivity contribution is 5.76. The lowest BCUT2D eigenvalue weighted by molar-refractivity contribution is -0.123. The molecule has 2 unspecified atom stereocenters. The minimum Gasteiger partial charge on any atom is -0.394 e. The zero-order chi connectivity index (χ0) is 25.8. The Kier molecular flexibility index (Phi) is 25.7. The summed E-state index contributed by atoms with van der Waals surface area (Å²) in [6, 6.07) is -0.645. The Labute approximate surface area is 216 Å². The maximum absolute atomic E-state index is 12.2. The number of aliphatic hydroxyl groups excluding tert-OH is 2. The third-order valence-corrected chi connectivity index (χ3v) is 6.01. The fourth-order valence-corrected chi connectivity index (χ4v) is 3.70. The third kappa shape index (κ3) is 23.8. The molecule has 0 rings (SSSR count). The van der Waals surface area contributed by atoms with Gasteiger partial charge >= 0.3 is 0 Å². The quantitative estimate of drug-likeness (QED) is 0.0960. The molecule has 0 aliphatic carbocycles. The second-order valence-corrected chi connectivity index (χ2v) is 9.44. The van der Waals surface area contributed by atoms with Gasteiger partial charge in [0.2, 0.25) is 5.91 Å². The molecule has 0 saturated heterocycles. The number of unbranched alkanes of at least 4 members (excludes halogenated alkanes) is 11. The summed E-state index contributed by atoms with van der Waals surface area (Å²) >= 11 is 0. The number of amides is 1. The van der Waals surface area contributed by atoms with Crippen LogP contribution >= 0.6 is 0 Å². The molecule has 0 saturated carbocycles. The van der Waals surface area contributed by atoms with Crippen molar-refractivity contribution < 1.29 is 15.0 Å². The highest BCUT2D eigenvalue weighted by Crippen LogP contribution is 2.09. The van der Waals surface area contributed by atoms with Crippen molar-refractivity contribution in [3.63, 3.8) is 0 Å². The van der Waals surface area contributed by atoms with Crippen LogP contribution in [-0.4, -0.2) is 34.9 Å². The van der Waals surface area contributed by atoms with Crippen LogP contribution in [0.5, 0.6) is 0 Å². The van der Waals surface area contributed by atoms with Crippen LogP contribution in [-0.2, 0) is 4.79 Å². The van der Waals surface area contributed by atoms with Crippen LogP contribution in [0.25, 0.3) is 0 Å². The van der Waals surface area contributed by atoms with E-state index in [1.165, 1.54) is 51.4 Å². The molecule has 0 heterocycles. The smallest absolute Gasteiger partial charge is 0.220 e. The van der Waals surface area contributed by atoms with Crippen LogP contribution in [0.15, 0.2) is 48.6 Å². The standard InChI is InChI=1S/C31H55NO3/c1-3-5-7-9-11-13-15-17-18-20-22-24-26-30(34)29(28-33)32-31(35)27-25-23-21-19-16-14-12-10-8-6-4-2/h9-12,17-18,24,26,29-30,33-34H,3-8,13-16,19-23,25,27-28H2,1-2H3,(H,32,35)/b11-9+,12-10-,18-17+,26-24+. The summed E-state index contributed by atoms with van der Waals surface area (Å²) in [6.07, 6.45) is 34.6. The Hall–Kier alpha value is -1.65. The van der Waals surface area contributed by atoms with Crippen LogP contribution < -0.4 is 5.32 Å². The van der Waals surface area contributed by atoms with Gasteiger partial charge in [-0.1, -0.05) is 107 Å². The molecule has 1 amide bonds. The van der Waals surface area contributed by atoms with Gasteiger partial charge in [0, 0.05) is 6.42 Å². The van der Waals surface area contributed by atoms with E-state index in [0.29, 0.717) is 6.42 Å². The Bertz CT molecular complexity index is 580. The van der Waals surface area contributed by atoms with E-state index in [1.54, 1.807) is 6.08 Å². The predicted molar refractivity (Wildman–Crippen MR) is 151 cm³/mol. The molecule has 4 nitrogen and oxygen atoms in total. The molecule has 0 aliphatic rings. The number of allylic oxidation sites excluding steroid dienone is 7. The maximum Gasteiger partial charge on any atom is 0.220 e. The molecule has 202 valence electrons. The van der Waals surface area contributed by atoms with E-state index in [-0.39, 0.29) is 12.5 Å². The van der Waals surface area contributed by atoms with Crippen molar-refractivity contribution in [1.82, 2.24) is 5.32 Å². The van der Waals surface area contributed by atoms with Gasteiger partial charge in [0.15, 0.2) is 0 Å². The van der Waals surface area contributed by atoms with Crippen molar-refractivity contribution in [2.75, 3.05) is 6.61 Å². The van der Waals surface area contributed by atoms with Crippen molar-refractivity contribution in [1.29, 1.82) is 0 Å². The number of carbonyl (C=O) groups is 1. The van der Waals surface area contributed by atoms with Crippen LogP contribution in [0.3, 0.4) is 0 Å². The van der Waals surface area contributed by atoms with Gasteiger partial charge < -0.3 is 15.5 Å². The Morgan fingerprint density at radius 2 is 1.11 bits per heavy atom. The second-order valence-electron chi connectivity index (χ2n) is 9.44. The van der Waals surface area contributed by atoms with Crippen LogP contribution in [0, 0.1) is 0 Å². The van der Waals surface area contributed by atoms with E-state index in [4.69, 9.17) is 0 Å². The molecule has 0 fully saturated rings. The topological polar surface area (TPSA) is 69.6 Å². The lowest BCUT2D eigenvalue weighted by Gasteiger charge is -2.19. The Morgan fingerprint density at radius 1 is 0.657 bits per heavy atom. The SMILES string of the molecule is CCCC/C=C\CCCCCCCC(=O)NC(CO)C(O)/C=C/CC/C=C/CC/C=C/CCCC. The van der Waals surface area contributed by atoms with Gasteiger partial charge in [-0.2, -0.15) is 0 Å². The minimum absolute atomic E-state index is 0.0953. The Balaban J connectivity index is 3.83. The Morgan fingerprint density at radius 3 is 1.66 bits per heavy atom. The summed E-state index contributed by atoms with van der Waals surface area (Å²) in [5.41, 5.74) is 0. The summed E-state index contributed by atoms with van der Waals surface area (Å²) in [6.45, 7) is 4.16. The first kappa shape index (κ1) is 33.4. The second kappa shape index (κ2) is 26.9. The number of hydrogen-bond acceptors (Lipinski definition) is 3. The molecule has 2 atom stereocenters. The molecule has 0 spiro atoms. The first-order valence-electron chi connectivity index (χ1n) is 14.4. The monoisotopic (exact) mass is 489 g/mol. The van der Waals surface area contributed by atoms with Crippen molar-refractivity contribution in [3.8, 4) is 0 Å². The van der Waals surface area contributed by atoms with Crippen molar-refractivity contribution in [2.24, 2.45) is 0 Å². The molecule has 0 aromatic rings. The number of carbonyl (C=O) groups excluding carboxylic acids is 1. The number of hydrogen-bond donors (Lipinski definition) is 3. The normalized spacial score (nSPS) is 14.1. The van der Waals surface area contributed by atoms with E-state index < -0.39 is 12.1 Å². The van der Waals surface area contributed by atoms with E-state index in [0.717, 1.165) is 51.4 Å². The largest absolute Gasteiger partial charge is 0.394 e. The zero-order valence-corrected chi connectivity index (χ0v) is 22.8. The summed E-state index contributed by atoms with van der Waals surface area (Å²) in [5, 5.41) is 22.6. The zero-order valence-electron chi connectivity index (χ0n) is 22.8. The summed E-state index contributed by atoms with van der Waals surface area (Å²) in [5.74, 6) is -0.0953. The maximum atomic E-state index is 12.2. The molecular weight excluding hydrogens is 434 g/mol. The van der Waals surface area contributed by atoms with Gasteiger partial charge in [0.05, 0.1) is 18.8 Å². The van der Waals surface area contributed by atoms with Crippen molar-refractivity contribution >= 4 is 5.91 Å². The molecule has 0 aromatic carbocycles. The first-order chi connectivity index (χ1) is 17.2. The molecule has 35 heavy (non-hydrogen) atoms. The van der Waals surface area contributed by atoms with Gasteiger partial charge in [0.25, 0.3) is 0 Å². The van der Waals surface area contributed by atoms with Crippen molar-refractivity contribution in [3.05, 3.63) is 48.6 Å². The third-order valence-electron chi connectivity index (χ3n) is 6.01. The van der Waals surface area contributed by atoms with Gasteiger partial charge in [-0.3, -0.25) is 4.79 Å². The van der Waals surface area contributed by atoms with E-state index >= 15 is 0 Å². The molecule has 0 radical (unpaired) electrons. The molecule has 0 aliphatic heterocycles. The number of nitrogens with one attached hydrogen (secondary N) is 1. The lowest BCUT2D eigenvalue weighted by Crippen LogP contribution is -2.45. The van der Waals surface area contributed by atoms with E-state index in [1.807, 2.05) is 6.08 Å². The van der Waals surface area contributed by atoms with Crippen LogP contribution in [0.1, 0.15) is 123 Å². The summed E-state index contributed by atoms with van der Waals surface area (Å²) in [4.78, 5) is 12.2. The average molecular weight is 490 g/mol. The van der Waals surface area contributed by atoms with Crippen molar-refractivity contribution in [2.45, 2.75) is 135 Å². The highest BCUT2D eigenvalue weighted by atomic mass is 16.3. The predicted octanol–water partition coefficient (Wildman–Crippen LogP) is 7.72. The molecule has 3 N–H and O–H groups in total. The number of rotatable bonds is 24. The minimum atomic E-state index is -0.869. The van der Waals surface area contributed by atoms with Gasteiger partial charge in [0.1, 0.15) is 0 Å². The molecule has 0 bridgehead atoms. The highest BCUT2D eigenvalue weighted by Gasteiger charge is 2.17. The van der Waals surface area contributed by atoms with Crippen LogP contribution in [0.2, 0.25) is 0 Å². The van der Waals surface area contributed by atoms with Gasteiger partial charge in [-0.25, -0.2) is 0 Å². The molecule has 0 aromatic heterocycles. The van der Waals surface area contributed by atoms with Gasteiger partial charge in [-0.05, 0) is 57.8 Å². The fourth-order valence-electron chi connectivity index (χ4n) is 3.70. The summed E-state index contributed by atoms with van der Waals surface area (Å²) in [7, 11) is 0. The molecular formula is C31H55NO3. The van der Waals surface area contributed by atoms with Gasteiger partial charge in [-0.15, -0.1) is 0 Å².